The summed E-state index contributed by atoms with van der Waals surface area (Å²) in [6, 6.07) is 1.73. The Morgan fingerprint density at radius 2 is 2.40 bits per heavy atom. The minimum atomic E-state index is -0.421. The van der Waals surface area contributed by atoms with Crippen molar-refractivity contribution in [1.29, 1.82) is 0 Å². The summed E-state index contributed by atoms with van der Waals surface area (Å²) in [6.45, 7) is 1.71. The van der Waals surface area contributed by atoms with E-state index in [2.05, 4.69) is 4.98 Å². The van der Waals surface area contributed by atoms with E-state index >= 15 is 0 Å². The van der Waals surface area contributed by atoms with E-state index in [0.717, 1.165) is 17.2 Å². The van der Waals surface area contributed by atoms with Crippen molar-refractivity contribution >= 4 is 29.1 Å². The monoisotopic (exact) mass is 246 g/mol. The molecule has 0 aliphatic heterocycles. The van der Waals surface area contributed by atoms with Crippen molar-refractivity contribution in [3.8, 4) is 0 Å². The van der Waals surface area contributed by atoms with Crippen LogP contribution in [0.4, 0.5) is 5.69 Å². The molecule has 0 saturated heterocycles. The molecule has 0 saturated carbocycles. The molecule has 6 heteroatoms. The van der Waals surface area contributed by atoms with E-state index in [1.54, 1.807) is 24.8 Å². The van der Waals surface area contributed by atoms with E-state index in [1.165, 1.54) is 6.20 Å². The molecule has 0 bridgehead atoms. The van der Waals surface area contributed by atoms with Crippen molar-refractivity contribution in [3.05, 3.63) is 27.9 Å². The van der Waals surface area contributed by atoms with Crippen molar-refractivity contribution in [2.45, 2.75) is 18.4 Å². The van der Waals surface area contributed by atoms with Crippen LogP contribution in [0.1, 0.15) is 12.0 Å². The number of hydrogen-bond donors (Lipinski definition) is 0. The third kappa shape index (κ3) is 3.68. The lowest BCUT2D eigenvalue weighted by molar-refractivity contribution is -0.385. The number of thioether (sulfide) groups is 1. The fourth-order valence-electron chi connectivity index (χ4n) is 1.02. The van der Waals surface area contributed by atoms with Crippen LogP contribution in [0.25, 0.3) is 0 Å². The summed E-state index contributed by atoms with van der Waals surface area (Å²) in [7, 11) is 0. The van der Waals surface area contributed by atoms with Gasteiger partial charge in [0.05, 0.1) is 9.95 Å². The average Bonchev–Trinajstić information content (AvgIpc) is 2.17. The lowest BCUT2D eigenvalue weighted by Gasteiger charge is -2.01. The van der Waals surface area contributed by atoms with E-state index in [-0.39, 0.29) is 5.69 Å². The molecule has 0 atom stereocenters. The van der Waals surface area contributed by atoms with Crippen LogP contribution >= 0.6 is 23.4 Å². The van der Waals surface area contributed by atoms with E-state index in [4.69, 9.17) is 11.6 Å². The van der Waals surface area contributed by atoms with E-state index < -0.39 is 4.92 Å². The first-order valence-corrected chi connectivity index (χ1v) is 5.97. The van der Waals surface area contributed by atoms with Gasteiger partial charge in [0, 0.05) is 17.2 Å². The largest absolute Gasteiger partial charge is 0.290 e. The SMILES string of the molecule is Cc1cc(SCCCCl)ncc1[N+](=O)[O-]. The maximum Gasteiger partial charge on any atom is 0.290 e. The normalized spacial score (nSPS) is 10.3. The first-order chi connectivity index (χ1) is 7.15. The molecule has 0 radical (unpaired) electrons. The number of aryl methyl sites for hydroxylation is 1. The molecule has 0 amide bonds. The maximum absolute atomic E-state index is 10.5. The Morgan fingerprint density at radius 1 is 1.67 bits per heavy atom. The third-order valence-corrected chi connectivity index (χ3v) is 3.06. The van der Waals surface area contributed by atoms with Crippen LogP contribution in [0.5, 0.6) is 0 Å². The fourth-order valence-corrected chi connectivity index (χ4v) is 2.20. The third-order valence-electron chi connectivity index (χ3n) is 1.78. The zero-order valence-corrected chi connectivity index (χ0v) is 9.85. The van der Waals surface area contributed by atoms with Crippen molar-refractivity contribution in [3.63, 3.8) is 0 Å². The first kappa shape index (κ1) is 12.3. The van der Waals surface area contributed by atoms with Gasteiger partial charge in [-0.25, -0.2) is 4.98 Å². The molecule has 1 aromatic heterocycles. The molecule has 1 aromatic rings. The summed E-state index contributed by atoms with van der Waals surface area (Å²) >= 11 is 7.10. The summed E-state index contributed by atoms with van der Waals surface area (Å²) in [5, 5.41) is 11.3. The van der Waals surface area contributed by atoms with Crippen LogP contribution in [0.2, 0.25) is 0 Å². The highest BCUT2D eigenvalue weighted by Gasteiger charge is 2.11. The summed E-state index contributed by atoms with van der Waals surface area (Å²) < 4.78 is 0. The van der Waals surface area contributed by atoms with Crippen LogP contribution in [0.3, 0.4) is 0 Å². The van der Waals surface area contributed by atoms with Crippen molar-refractivity contribution in [2.75, 3.05) is 11.6 Å². The Bertz CT molecular complexity index is 360. The van der Waals surface area contributed by atoms with Gasteiger partial charge in [-0.3, -0.25) is 10.1 Å². The number of alkyl halides is 1. The molecule has 1 heterocycles. The standard InChI is InChI=1S/C9H11ClN2O2S/c1-7-5-9(15-4-2-3-10)11-6-8(7)12(13)14/h5-6H,2-4H2,1H3. The molecule has 0 aliphatic rings. The van der Waals surface area contributed by atoms with Gasteiger partial charge in [0.1, 0.15) is 6.20 Å². The van der Waals surface area contributed by atoms with Crippen molar-refractivity contribution < 1.29 is 4.92 Å². The number of rotatable bonds is 5. The van der Waals surface area contributed by atoms with Gasteiger partial charge in [-0.05, 0) is 19.4 Å². The van der Waals surface area contributed by atoms with Gasteiger partial charge >= 0.3 is 0 Å². The molecular weight excluding hydrogens is 236 g/mol. The smallest absolute Gasteiger partial charge is 0.258 e. The molecule has 0 aliphatic carbocycles. The zero-order chi connectivity index (χ0) is 11.3. The Morgan fingerprint density at radius 3 is 2.93 bits per heavy atom. The van der Waals surface area contributed by atoms with Crippen molar-refractivity contribution in [2.24, 2.45) is 0 Å². The van der Waals surface area contributed by atoms with Crippen molar-refractivity contribution in [1.82, 2.24) is 4.98 Å². The highest BCUT2D eigenvalue weighted by atomic mass is 35.5. The van der Waals surface area contributed by atoms with E-state index in [9.17, 15) is 10.1 Å². The van der Waals surface area contributed by atoms with Crippen LogP contribution in [0.15, 0.2) is 17.3 Å². The highest BCUT2D eigenvalue weighted by Crippen LogP contribution is 2.22. The van der Waals surface area contributed by atoms with Crippen LogP contribution in [0, 0.1) is 17.0 Å². The second-order valence-electron chi connectivity index (χ2n) is 2.96. The van der Waals surface area contributed by atoms with Gasteiger partial charge in [0.15, 0.2) is 0 Å². The maximum atomic E-state index is 10.5. The molecule has 0 aromatic carbocycles. The Labute approximate surface area is 97.2 Å². The molecule has 82 valence electrons. The van der Waals surface area contributed by atoms with Crippen LogP contribution in [-0.4, -0.2) is 21.5 Å². The Hall–Kier alpha value is -0.810. The molecule has 4 nitrogen and oxygen atoms in total. The van der Waals surface area contributed by atoms with Gasteiger partial charge < -0.3 is 0 Å². The summed E-state index contributed by atoms with van der Waals surface area (Å²) in [5.41, 5.74) is 0.708. The van der Waals surface area contributed by atoms with Crippen LogP contribution in [-0.2, 0) is 0 Å². The fraction of sp³-hybridized carbons (Fsp3) is 0.444. The minimum Gasteiger partial charge on any atom is -0.258 e. The summed E-state index contributed by atoms with van der Waals surface area (Å²) in [6.07, 6.45) is 2.21. The molecule has 15 heavy (non-hydrogen) atoms. The van der Waals surface area contributed by atoms with Gasteiger partial charge in [-0.15, -0.1) is 23.4 Å². The van der Waals surface area contributed by atoms with Gasteiger partial charge in [0.25, 0.3) is 5.69 Å². The Balaban J connectivity index is 2.69. The average molecular weight is 247 g/mol. The number of pyridine rings is 1. The summed E-state index contributed by atoms with van der Waals surface area (Å²) in [4.78, 5) is 14.1. The second-order valence-corrected chi connectivity index (χ2v) is 4.45. The molecule has 0 spiro atoms. The predicted molar refractivity (Wildman–Crippen MR) is 61.7 cm³/mol. The first-order valence-electron chi connectivity index (χ1n) is 4.45. The number of aromatic nitrogens is 1. The Kier molecular flexibility index (Phi) is 4.84. The molecule has 0 fully saturated rings. The summed E-state index contributed by atoms with van der Waals surface area (Å²) in [5.74, 6) is 1.51. The van der Waals surface area contributed by atoms with Crippen LogP contribution < -0.4 is 0 Å². The number of halogens is 1. The highest BCUT2D eigenvalue weighted by molar-refractivity contribution is 7.99. The molecular formula is C9H11ClN2O2S. The lowest BCUT2D eigenvalue weighted by Crippen LogP contribution is -1.94. The second kappa shape index (κ2) is 5.92. The topological polar surface area (TPSA) is 56.0 Å². The number of hydrogen-bond acceptors (Lipinski definition) is 4. The lowest BCUT2D eigenvalue weighted by atomic mass is 10.3. The van der Waals surface area contributed by atoms with Gasteiger partial charge in [0.2, 0.25) is 0 Å². The number of nitrogens with zero attached hydrogens (tertiary/aromatic N) is 2. The molecule has 0 N–H and O–H groups in total. The molecule has 1 rings (SSSR count). The van der Waals surface area contributed by atoms with Gasteiger partial charge in [-0.1, -0.05) is 0 Å². The van der Waals surface area contributed by atoms with Gasteiger partial charge in [-0.2, -0.15) is 0 Å². The minimum absolute atomic E-state index is 0.0664. The van der Waals surface area contributed by atoms with E-state index in [1.807, 2.05) is 0 Å². The zero-order valence-electron chi connectivity index (χ0n) is 8.27. The quantitative estimate of drug-likeness (QED) is 0.263. The molecule has 0 unspecified atom stereocenters. The van der Waals surface area contributed by atoms with E-state index in [0.29, 0.717) is 11.4 Å². The number of nitro groups is 1. The predicted octanol–water partition coefficient (Wildman–Crippen LogP) is 3.02.